The van der Waals surface area contributed by atoms with Crippen molar-refractivity contribution >= 4 is 0 Å². The fourth-order valence-electron chi connectivity index (χ4n) is 3.71. The van der Waals surface area contributed by atoms with Gasteiger partial charge in [0.05, 0.1) is 0 Å². The van der Waals surface area contributed by atoms with Gasteiger partial charge in [0.15, 0.2) is 0 Å². The molecule has 0 spiro atoms. The summed E-state index contributed by atoms with van der Waals surface area (Å²) in [5, 5.41) is 0. The minimum atomic E-state index is 0.145. The second kappa shape index (κ2) is 7.95. The molecule has 1 aromatic rings. The lowest BCUT2D eigenvalue weighted by Gasteiger charge is -2.24. The number of nitrogens with two attached hydrogens (primary N) is 1. The van der Waals surface area contributed by atoms with E-state index in [0.29, 0.717) is 0 Å². The molecule has 1 aliphatic rings. The number of nitrogens with zero attached hydrogens (tertiary/aromatic N) is 1. The third kappa shape index (κ3) is 5.12. The van der Waals surface area contributed by atoms with Crippen LogP contribution < -0.4 is 5.73 Å². The summed E-state index contributed by atoms with van der Waals surface area (Å²) in [5.41, 5.74) is 10.4. The maximum Gasteiger partial charge on any atom is 0.0424 e. The highest BCUT2D eigenvalue weighted by molar-refractivity contribution is 5.30. The Balaban J connectivity index is 1.91. The fourth-order valence-corrected chi connectivity index (χ4v) is 3.71. The van der Waals surface area contributed by atoms with E-state index in [0.717, 1.165) is 12.5 Å². The van der Waals surface area contributed by atoms with Crippen molar-refractivity contribution in [2.75, 3.05) is 19.6 Å². The van der Waals surface area contributed by atoms with Crippen molar-refractivity contribution < 1.29 is 0 Å². The van der Waals surface area contributed by atoms with Crippen molar-refractivity contribution in [2.24, 2.45) is 11.7 Å². The smallest absolute Gasteiger partial charge is 0.0424 e. The topological polar surface area (TPSA) is 29.3 Å². The van der Waals surface area contributed by atoms with Crippen LogP contribution in [-0.2, 0) is 0 Å². The quantitative estimate of drug-likeness (QED) is 0.879. The molecule has 1 heterocycles. The molecule has 0 radical (unpaired) electrons. The molecule has 2 heteroatoms. The summed E-state index contributed by atoms with van der Waals surface area (Å²) >= 11 is 0. The van der Waals surface area contributed by atoms with Crippen molar-refractivity contribution in [3.8, 4) is 0 Å². The molecule has 0 saturated carbocycles. The second-order valence-corrected chi connectivity index (χ2v) is 6.91. The van der Waals surface area contributed by atoms with Crippen LogP contribution in [0.2, 0.25) is 0 Å². The van der Waals surface area contributed by atoms with Gasteiger partial charge in [0.25, 0.3) is 0 Å². The minimum absolute atomic E-state index is 0.145. The normalized spacial score (nSPS) is 22.0. The molecule has 118 valence electrons. The van der Waals surface area contributed by atoms with Crippen LogP contribution in [0.1, 0.15) is 61.8 Å². The van der Waals surface area contributed by atoms with Crippen molar-refractivity contribution in [1.29, 1.82) is 0 Å². The predicted molar refractivity (Wildman–Crippen MR) is 91.5 cm³/mol. The summed E-state index contributed by atoms with van der Waals surface area (Å²) < 4.78 is 0. The highest BCUT2D eigenvalue weighted by Gasteiger charge is 2.18. The van der Waals surface area contributed by atoms with Gasteiger partial charge in [-0.05, 0) is 57.7 Å². The molecule has 2 N–H and O–H groups in total. The van der Waals surface area contributed by atoms with Gasteiger partial charge in [-0.1, -0.05) is 49.1 Å². The molecule has 2 nitrogen and oxygen atoms in total. The molecule has 2 atom stereocenters. The van der Waals surface area contributed by atoms with Crippen molar-refractivity contribution in [1.82, 2.24) is 4.90 Å². The molecule has 0 amide bonds. The van der Waals surface area contributed by atoms with Crippen molar-refractivity contribution in [2.45, 2.75) is 58.9 Å². The highest BCUT2D eigenvalue weighted by Crippen LogP contribution is 2.23. The van der Waals surface area contributed by atoms with Crippen LogP contribution >= 0.6 is 0 Å². The lowest BCUT2D eigenvalue weighted by Crippen LogP contribution is -2.33. The average Bonchev–Trinajstić information content (AvgIpc) is 2.64. The van der Waals surface area contributed by atoms with Gasteiger partial charge >= 0.3 is 0 Å². The van der Waals surface area contributed by atoms with Gasteiger partial charge < -0.3 is 10.6 Å². The summed E-state index contributed by atoms with van der Waals surface area (Å²) in [6, 6.07) is 6.86. The predicted octanol–water partition coefficient (Wildman–Crippen LogP) is 4.21. The molecule has 1 fully saturated rings. The minimum Gasteiger partial charge on any atom is -0.323 e. The average molecular weight is 288 g/mol. The number of hydrogen-bond donors (Lipinski definition) is 1. The number of benzene rings is 1. The Hall–Kier alpha value is -0.860. The Kier molecular flexibility index (Phi) is 6.25. The maximum absolute atomic E-state index is 6.47. The second-order valence-electron chi connectivity index (χ2n) is 6.91. The third-order valence-corrected chi connectivity index (χ3v) is 4.76. The van der Waals surface area contributed by atoms with Gasteiger partial charge in [0.1, 0.15) is 0 Å². The third-order valence-electron chi connectivity index (χ3n) is 4.76. The van der Waals surface area contributed by atoms with E-state index in [1.807, 2.05) is 0 Å². The van der Waals surface area contributed by atoms with Crippen LogP contribution in [0.25, 0.3) is 0 Å². The summed E-state index contributed by atoms with van der Waals surface area (Å²) in [6.45, 7) is 10.1. The number of hydrogen-bond acceptors (Lipinski definition) is 2. The lowest BCUT2D eigenvalue weighted by molar-refractivity contribution is 0.263. The van der Waals surface area contributed by atoms with Crippen molar-refractivity contribution in [3.05, 3.63) is 34.9 Å². The number of likely N-dealkylation sites (tertiary alicyclic amines) is 1. The van der Waals surface area contributed by atoms with Gasteiger partial charge in [-0.25, -0.2) is 0 Å². The Morgan fingerprint density at radius 2 is 1.86 bits per heavy atom. The first-order chi connectivity index (χ1) is 10.1. The van der Waals surface area contributed by atoms with Gasteiger partial charge in [-0.3, -0.25) is 0 Å². The van der Waals surface area contributed by atoms with E-state index >= 15 is 0 Å². The molecule has 21 heavy (non-hydrogen) atoms. The molecule has 0 aromatic heterocycles. The summed E-state index contributed by atoms with van der Waals surface area (Å²) in [5.74, 6) is 0.942. The molecule has 1 aromatic carbocycles. The first kappa shape index (κ1) is 16.5. The summed E-state index contributed by atoms with van der Waals surface area (Å²) in [7, 11) is 0. The standard InChI is InChI=1S/C19H32N2/c1-4-6-17-7-5-9-21(10-8-17)14-19(20)18-12-15(2)11-16(3)13-18/h11-13,17,19H,4-10,14,20H2,1-3H3. The largest absolute Gasteiger partial charge is 0.323 e. The van der Waals surface area contributed by atoms with Crippen LogP contribution in [0.4, 0.5) is 0 Å². The van der Waals surface area contributed by atoms with E-state index in [1.54, 1.807) is 0 Å². The lowest BCUT2D eigenvalue weighted by atomic mass is 9.96. The SMILES string of the molecule is CCCC1CCCN(CC(N)c2cc(C)cc(C)c2)CC1. The molecule has 0 bridgehead atoms. The van der Waals surface area contributed by atoms with Gasteiger partial charge in [0, 0.05) is 12.6 Å². The molecular weight excluding hydrogens is 256 g/mol. The van der Waals surface area contributed by atoms with E-state index in [4.69, 9.17) is 5.73 Å². The molecule has 1 saturated heterocycles. The molecular formula is C19H32N2. The van der Waals surface area contributed by atoms with Gasteiger partial charge in [-0.2, -0.15) is 0 Å². The molecule has 2 unspecified atom stereocenters. The summed E-state index contributed by atoms with van der Waals surface area (Å²) in [6.07, 6.45) is 6.82. The first-order valence-corrected chi connectivity index (χ1v) is 8.64. The van der Waals surface area contributed by atoms with E-state index in [-0.39, 0.29) is 6.04 Å². The Bertz CT molecular complexity index is 421. The fraction of sp³-hybridized carbons (Fsp3) is 0.684. The molecule has 2 rings (SSSR count). The van der Waals surface area contributed by atoms with Gasteiger partial charge in [-0.15, -0.1) is 0 Å². The van der Waals surface area contributed by atoms with Crippen LogP contribution in [-0.4, -0.2) is 24.5 Å². The van der Waals surface area contributed by atoms with E-state index in [1.165, 1.54) is 61.9 Å². The monoisotopic (exact) mass is 288 g/mol. The zero-order chi connectivity index (χ0) is 15.2. The van der Waals surface area contributed by atoms with Crippen LogP contribution in [0, 0.1) is 19.8 Å². The highest BCUT2D eigenvalue weighted by atomic mass is 15.1. The van der Waals surface area contributed by atoms with Crippen molar-refractivity contribution in [3.63, 3.8) is 0 Å². The maximum atomic E-state index is 6.47. The van der Waals surface area contributed by atoms with Gasteiger partial charge in [0.2, 0.25) is 0 Å². The molecule has 0 aliphatic carbocycles. The van der Waals surface area contributed by atoms with Crippen LogP contribution in [0.3, 0.4) is 0 Å². The Morgan fingerprint density at radius 1 is 1.14 bits per heavy atom. The van der Waals surface area contributed by atoms with Crippen LogP contribution in [0.5, 0.6) is 0 Å². The molecule has 1 aliphatic heterocycles. The van der Waals surface area contributed by atoms with E-state index in [2.05, 4.69) is 43.9 Å². The first-order valence-electron chi connectivity index (χ1n) is 8.64. The van der Waals surface area contributed by atoms with E-state index < -0.39 is 0 Å². The summed E-state index contributed by atoms with van der Waals surface area (Å²) in [4.78, 5) is 2.58. The number of aryl methyl sites for hydroxylation is 2. The Labute approximate surface area is 130 Å². The zero-order valence-corrected chi connectivity index (χ0v) is 14.1. The zero-order valence-electron chi connectivity index (χ0n) is 14.1. The van der Waals surface area contributed by atoms with Crippen LogP contribution in [0.15, 0.2) is 18.2 Å². The number of rotatable bonds is 5. The Morgan fingerprint density at radius 3 is 2.52 bits per heavy atom. The van der Waals surface area contributed by atoms with E-state index in [9.17, 15) is 0 Å².